The molecule has 0 atom stereocenters. The van der Waals surface area contributed by atoms with Crippen molar-refractivity contribution in [3.8, 4) is 23.0 Å². The number of benzene rings is 2. The van der Waals surface area contributed by atoms with E-state index in [1.54, 1.807) is 0 Å². The number of aliphatic hydroxyl groups is 1. The van der Waals surface area contributed by atoms with Gasteiger partial charge in [-0.3, -0.25) is 4.68 Å². The van der Waals surface area contributed by atoms with Crippen LogP contribution in [0.3, 0.4) is 0 Å². The molecule has 1 aliphatic rings. The molecule has 10 heteroatoms. The molecule has 0 aliphatic heterocycles. The van der Waals surface area contributed by atoms with Crippen LogP contribution in [0.4, 0.5) is 13.2 Å². The summed E-state index contributed by atoms with van der Waals surface area (Å²) in [6.07, 6.45) is 2.00. The Bertz CT molecular complexity index is 1310. The summed E-state index contributed by atoms with van der Waals surface area (Å²) in [4.78, 5) is 4.46. The van der Waals surface area contributed by atoms with Crippen molar-refractivity contribution in [3.63, 3.8) is 0 Å². The Kier molecular flexibility index (Phi) is 5.73. The number of rotatable bonds is 7. The number of alkyl halides is 3. The van der Waals surface area contributed by atoms with E-state index in [1.165, 1.54) is 24.3 Å². The van der Waals surface area contributed by atoms with Crippen molar-refractivity contribution < 1.29 is 22.8 Å². The molecule has 0 unspecified atom stereocenters. The van der Waals surface area contributed by atoms with Crippen LogP contribution in [0.25, 0.3) is 23.0 Å². The Morgan fingerprint density at radius 2 is 1.88 bits per heavy atom. The molecule has 4 aromatic rings. The number of hydrogen-bond donors (Lipinski definition) is 1. The third kappa shape index (κ3) is 4.74. The smallest absolute Gasteiger partial charge is 0.395 e. The molecule has 2 aromatic carbocycles. The summed E-state index contributed by atoms with van der Waals surface area (Å²) in [5.41, 5.74) is -0.215. The van der Waals surface area contributed by atoms with E-state index in [-0.39, 0.29) is 40.4 Å². The van der Waals surface area contributed by atoms with E-state index in [1.807, 2.05) is 29.8 Å². The number of aryl methyl sites for hydroxylation is 1. The summed E-state index contributed by atoms with van der Waals surface area (Å²) in [6.45, 7) is 2.65. The third-order valence-electron chi connectivity index (χ3n) is 6.00. The summed E-state index contributed by atoms with van der Waals surface area (Å²) in [7, 11) is 0. The summed E-state index contributed by atoms with van der Waals surface area (Å²) in [5, 5.41) is 18.3. The summed E-state index contributed by atoms with van der Waals surface area (Å²) in [5.74, 6) is 0.508. The first-order valence-corrected chi connectivity index (χ1v) is 11.5. The van der Waals surface area contributed by atoms with Gasteiger partial charge in [-0.2, -0.15) is 23.3 Å². The van der Waals surface area contributed by atoms with Crippen LogP contribution in [0.1, 0.15) is 29.7 Å². The fraction of sp³-hybridized carbons (Fsp3) is 0.292. The Hall–Kier alpha value is -3.11. The van der Waals surface area contributed by atoms with Gasteiger partial charge in [0.15, 0.2) is 5.69 Å². The fourth-order valence-electron chi connectivity index (χ4n) is 3.89. The first-order chi connectivity index (χ1) is 16.2. The maximum atomic E-state index is 12.5. The van der Waals surface area contributed by atoms with Crippen LogP contribution >= 0.6 is 11.8 Å². The number of aliphatic hydroxyl groups excluding tert-OH is 1. The minimum absolute atomic E-state index is 0.0880. The monoisotopic (exact) mass is 486 g/mol. The SMILES string of the molecule is Cc1cc(-c2nc(-c3ccc(SC(F)(F)F)cc3)no2)nn1Cc1cccc(C2(CO)CC2)c1. The minimum atomic E-state index is -4.34. The zero-order valence-corrected chi connectivity index (χ0v) is 19.0. The number of halogens is 3. The molecule has 1 aliphatic carbocycles. The molecule has 34 heavy (non-hydrogen) atoms. The quantitative estimate of drug-likeness (QED) is 0.343. The van der Waals surface area contributed by atoms with Gasteiger partial charge in [-0.05, 0) is 73.0 Å². The second-order valence-corrected chi connectivity index (χ2v) is 9.60. The Morgan fingerprint density at radius 1 is 1.12 bits per heavy atom. The maximum Gasteiger partial charge on any atom is 0.446 e. The highest BCUT2D eigenvalue weighted by molar-refractivity contribution is 8.00. The first kappa shape index (κ1) is 22.7. The highest BCUT2D eigenvalue weighted by atomic mass is 32.2. The van der Waals surface area contributed by atoms with Gasteiger partial charge in [-0.25, -0.2) is 0 Å². The van der Waals surface area contributed by atoms with E-state index in [9.17, 15) is 18.3 Å². The number of aromatic nitrogens is 4. The topological polar surface area (TPSA) is 77.0 Å². The predicted octanol–water partition coefficient (Wildman–Crippen LogP) is 5.59. The van der Waals surface area contributed by atoms with Crippen molar-refractivity contribution in [2.75, 3.05) is 6.61 Å². The molecular weight excluding hydrogens is 465 g/mol. The summed E-state index contributed by atoms with van der Waals surface area (Å²) in [6, 6.07) is 15.9. The van der Waals surface area contributed by atoms with Gasteiger partial charge in [-0.15, -0.1) is 0 Å². The van der Waals surface area contributed by atoms with Gasteiger partial charge in [0.2, 0.25) is 5.82 Å². The van der Waals surface area contributed by atoms with Crippen molar-refractivity contribution in [1.29, 1.82) is 0 Å². The molecule has 0 spiro atoms. The molecule has 0 amide bonds. The number of thioether (sulfide) groups is 1. The molecular formula is C24H21F3N4O2S. The average Bonchev–Trinajstić information content (AvgIpc) is 3.31. The Labute approximate surface area is 197 Å². The molecule has 0 bridgehead atoms. The van der Waals surface area contributed by atoms with E-state index in [0.29, 0.717) is 17.8 Å². The molecule has 0 saturated heterocycles. The minimum Gasteiger partial charge on any atom is -0.395 e. The van der Waals surface area contributed by atoms with E-state index in [0.717, 1.165) is 29.7 Å². The zero-order valence-electron chi connectivity index (χ0n) is 18.2. The molecule has 5 rings (SSSR count). The van der Waals surface area contributed by atoms with Crippen molar-refractivity contribution in [2.45, 2.75) is 42.1 Å². The predicted molar refractivity (Wildman–Crippen MR) is 121 cm³/mol. The van der Waals surface area contributed by atoms with Gasteiger partial charge in [0, 0.05) is 21.6 Å². The Balaban J connectivity index is 1.33. The fourth-order valence-corrected chi connectivity index (χ4v) is 4.43. The lowest BCUT2D eigenvalue weighted by molar-refractivity contribution is -0.0328. The van der Waals surface area contributed by atoms with E-state index < -0.39 is 5.51 Å². The molecule has 6 nitrogen and oxygen atoms in total. The van der Waals surface area contributed by atoms with E-state index in [2.05, 4.69) is 27.4 Å². The van der Waals surface area contributed by atoms with Gasteiger partial charge < -0.3 is 9.63 Å². The number of hydrogen-bond acceptors (Lipinski definition) is 6. The Morgan fingerprint density at radius 3 is 2.56 bits per heavy atom. The first-order valence-electron chi connectivity index (χ1n) is 10.7. The average molecular weight is 487 g/mol. The van der Waals surface area contributed by atoms with Gasteiger partial charge in [0.1, 0.15) is 0 Å². The van der Waals surface area contributed by atoms with Gasteiger partial charge in [-0.1, -0.05) is 29.4 Å². The van der Waals surface area contributed by atoms with Crippen molar-refractivity contribution >= 4 is 11.8 Å². The van der Waals surface area contributed by atoms with Crippen LogP contribution in [0, 0.1) is 6.92 Å². The lowest BCUT2D eigenvalue weighted by atomic mass is 9.95. The van der Waals surface area contributed by atoms with Gasteiger partial charge >= 0.3 is 5.51 Å². The summed E-state index contributed by atoms with van der Waals surface area (Å²) >= 11 is -0.171. The summed E-state index contributed by atoms with van der Waals surface area (Å²) < 4.78 is 44.8. The van der Waals surface area contributed by atoms with Crippen molar-refractivity contribution in [3.05, 3.63) is 71.4 Å². The molecule has 2 heterocycles. The van der Waals surface area contributed by atoms with Gasteiger partial charge in [0.25, 0.3) is 5.89 Å². The van der Waals surface area contributed by atoms with Crippen molar-refractivity contribution in [1.82, 2.24) is 19.9 Å². The number of nitrogens with zero attached hydrogens (tertiary/aromatic N) is 4. The third-order valence-corrected chi connectivity index (χ3v) is 6.74. The molecule has 0 radical (unpaired) electrons. The van der Waals surface area contributed by atoms with Crippen LogP contribution < -0.4 is 0 Å². The maximum absolute atomic E-state index is 12.5. The largest absolute Gasteiger partial charge is 0.446 e. The van der Waals surface area contributed by atoms with Gasteiger partial charge in [0.05, 0.1) is 13.2 Å². The van der Waals surface area contributed by atoms with Crippen LogP contribution in [-0.4, -0.2) is 37.1 Å². The van der Waals surface area contributed by atoms with E-state index >= 15 is 0 Å². The van der Waals surface area contributed by atoms with Crippen molar-refractivity contribution in [2.24, 2.45) is 0 Å². The van der Waals surface area contributed by atoms with E-state index in [4.69, 9.17) is 4.52 Å². The van der Waals surface area contributed by atoms with Crippen LogP contribution in [0.2, 0.25) is 0 Å². The molecule has 1 saturated carbocycles. The zero-order chi connectivity index (χ0) is 23.9. The van der Waals surface area contributed by atoms with Crippen LogP contribution in [-0.2, 0) is 12.0 Å². The molecule has 1 fully saturated rings. The molecule has 1 N–H and O–H groups in total. The second kappa shape index (κ2) is 8.59. The van der Waals surface area contributed by atoms with Crippen LogP contribution in [0.15, 0.2) is 64.0 Å². The molecule has 2 aromatic heterocycles. The highest BCUT2D eigenvalue weighted by Crippen LogP contribution is 2.47. The standard InChI is InChI=1S/C24H21F3N4O2S/c1-15-11-20(29-31(15)13-16-3-2-4-18(12-16)23(14-32)9-10-23)22-28-21(30-33-22)17-5-7-19(8-6-17)34-24(25,26)27/h2-8,11-12,32H,9-10,13-14H2,1H3. The lowest BCUT2D eigenvalue weighted by Gasteiger charge is -2.14. The highest BCUT2D eigenvalue weighted by Gasteiger charge is 2.43. The van der Waals surface area contributed by atoms with Crippen LogP contribution in [0.5, 0.6) is 0 Å². The molecule has 176 valence electrons. The second-order valence-electron chi connectivity index (χ2n) is 8.46. The lowest BCUT2D eigenvalue weighted by Crippen LogP contribution is -2.12. The normalized spacial score (nSPS) is 15.0.